The van der Waals surface area contributed by atoms with Gasteiger partial charge in [-0.1, -0.05) is 35.3 Å². The van der Waals surface area contributed by atoms with E-state index < -0.39 is 15.8 Å². The molecule has 2 aromatic carbocycles. The first kappa shape index (κ1) is 16.8. The summed E-state index contributed by atoms with van der Waals surface area (Å²) in [5.41, 5.74) is 0.742. The van der Waals surface area contributed by atoms with Crippen molar-refractivity contribution < 1.29 is 17.9 Å². The Balaban J connectivity index is 2.23. The molecular weight excluding hydrogens is 347 g/mol. The third-order valence-electron chi connectivity index (χ3n) is 2.69. The highest BCUT2D eigenvalue weighted by molar-refractivity contribution is 7.89. The van der Waals surface area contributed by atoms with E-state index in [1.807, 2.05) is 0 Å². The maximum absolute atomic E-state index is 12.1. The molecule has 0 radical (unpaired) electrons. The van der Waals surface area contributed by atoms with Gasteiger partial charge in [-0.15, -0.1) is 0 Å². The first-order valence-electron chi connectivity index (χ1n) is 6.18. The van der Waals surface area contributed by atoms with E-state index in [0.29, 0.717) is 10.6 Å². The van der Waals surface area contributed by atoms with E-state index in [4.69, 9.17) is 27.9 Å². The minimum Gasteiger partial charge on any atom is -0.421 e. The monoisotopic (exact) mass is 358 g/mol. The lowest BCUT2D eigenvalue weighted by molar-refractivity contribution is 0.0734. The van der Waals surface area contributed by atoms with Crippen LogP contribution >= 0.6 is 23.2 Å². The fourth-order valence-corrected chi connectivity index (χ4v) is 2.91. The van der Waals surface area contributed by atoms with Crippen LogP contribution in [0.4, 0.5) is 0 Å². The molecule has 0 saturated heterocycles. The third kappa shape index (κ3) is 4.73. The van der Waals surface area contributed by atoms with Gasteiger partial charge in [0.05, 0.1) is 16.3 Å². The van der Waals surface area contributed by atoms with E-state index in [1.165, 1.54) is 24.3 Å². The van der Waals surface area contributed by atoms with Crippen LogP contribution in [0.1, 0.15) is 15.9 Å². The quantitative estimate of drug-likeness (QED) is 0.616. The molecular formula is C15H12Cl2O4S. The van der Waals surface area contributed by atoms with Gasteiger partial charge in [-0.2, -0.15) is 0 Å². The Bertz CT molecular complexity index is 816. The predicted molar refractivity (Wildman–Crippen MR) is 86.4 cm³/mol. The number of ether oxygens (including phenoxy) is 1. The Kier molecular flexibility index (Phi) is 5.11. The summed E-state index contributed by atoms with van der Waals surface area (Å²) in [6.45, 7) is 0. The van der Waals surface area contributed by atoms with Crippen LogP contribution in [0.2, 0.25) is 10.0 Å². The topological polar surface area (TPSA) is 60.4 Å². The minimum atomic E-state index is -3.18. The Morgan fingerprint density at radius 1 is 1.14 bits per heavy atom. The van der Waals surface area contributed by atoms with Crippen molar-refractivity contribution in [2.45, 2.75) is 5.75 Å². The summed E-state index contributed by atoms with van der Waals surface area (Å²) in [6, 6.07) is 10.8. The van der Waals surface area contributed by atoms with Crippen LogP contribution in [0.25, 0.3) is 0 Å². The lowest BCUT2D eigenvalue weighted by Gasteiger charge is -2.08. The number of halogens is 2. The van der Waals surface area contributed by atoms with E-state index in [1.54, 1.807) is 18.2 Å². The molecule has 0 N–H and O–H groups in total. The number of benzene rings is 2. The average Bonchev–Trinajstić information content (AvgIpc) is 2.41. The molecule has 0 spiro atoms. The van der Waals surface area contributed by atoms with Crippen molar-refractivity contribution in [2.24, 2.45) is 0 Å². The Morgan fingerprint density at radius 3 is 2.55 bits per heavy atom. The summed E-state index contributed by atoms with van der Waals surface area (Å²) < 4.78 is 27.8. The van der Waals surface area contributed by atoms with Gasteiger partial charge in [-0.05, 0) is 29.8 Å². The van der Waals surface area contributed by atoms with Gasteiger partial charge < -0.3 is 4.74 Å². The van der Waals surface area contributed by atoms with Gasteiger partial charge >= 0.3 is 5.97 Å². The summed E-state index contributed by atoms with van der Waals surface area (Å²) in [7, 11) is -3.18. The van der Waals surface area contributed by atoms with Crippen molar-refractivity contribution >= 4 is 39.0 Å². The average molecular weight is 359 g/mol. The van der Waals surface area contributed by atoms with Crippen LogP contribution in [0, 0.1) is 0 Å². The van der Waals surface area contributed by atoms with Crippen LogP contribution in [0.5, 0.6) is 5.75 Å². The number of hydrogen-bond donors (Lipinski definition) is 0. The fraction of sp³-hybridized carbons (Fsp3) is 0.133. The van der Waals surface area contributed by atoms with Crippen LogP contribution in [-0.4, -0.2) is 20.6 Å². The second-order valence-corrected chi connectivity index (χ2v) is 7.72. The van der Waals surface area contributed by atoms with Crippen molar-refractivity contribution in [3.63, 3.8) is 0 Å². The smallest absolute Gasteiger partial charge is 0.343 e. The molecule has 0 saturated carbocycles. The van der Waals surface area contributed by atoms with Gasteiger partial charge in [0.1, 0.15) is 0 Å². The summed E-state index contributed by atoms with van der Waals surface area (Å²) in [5, 5.41) is 0.642. The van der Waals surface area contributed by atoms with Gasteiger partial charge in [-0.25, -0.2) is 13.2 Å². The molecule has 0 heterocycles. The van der Waals surface area contributed by atoms with Crippen LogP contribution in [0.3, 0.4) is 0 Å². The van der Waals surface area contributed by atoms with Gasteiger partial charge in [-0.3, -0.25) is 0 Å². The van der Waals surface area contributed by atoms with Crippen molar-refractivity contribution in [1.29, 1.82) is 0 Å². The van der Waals surface area contributed by atoms with Crippen molar-refractivity contribution in [3.8, 4) is 5.75 Å². The molecule has 0 atom stereocenters. The van der Waals surface area contributed by atoms with Gasteiger partial charge in [0, 0.05) is 17.3 Å². The Morgan fingerprint density at radius 2 is 1.86 bits per heavy atom. The van der Waals surface area contributed by atoms with Crippen molar-refractivity contribution in [2.75, 3.05) is 6.26 Å². The number of rotatable bonds is 4. The molecule has 0 bridgehead atoms. The van der Waals surface area contributed by atoms with Crippen molar-refractivity contribution in [1.82, 2.24) is 0 Å². The Hall–Kier alpha value is -1.56. The normalized spacial score (nSPS) is 11.2. The molecule has 4 nitrogen and oxygen atoms in total. The molecule has 116 valence electrons. The lowest BCUT2D eigenvalue weighted by atomic mass is 10.1. The molecule has 0 aliphatic carbocycles. The molecule has 0 aliphatic heterocycles. The zero-order valence-electron chi connectivity index (χ0n) is 11.5. The molecule has 0 aliphatic rings. The van der Waals surface area contributed by atoms with Gasteiger partial charge in [0.15, 0.2) is 15.6 Å². The number of sulfone groups is 1. The largest absolute Gasteiger partial charge is 0.421 e. The highest BCUT2D eigenvalue weighted by atomic mass is 35.5. The van der Waals surface area contributed by atoms with Crippen LogP contribution in [0.15, 0.2) is 42.5 Å². The molecule has 22 heavy (non-hydrogen) atoms. The molecule has 0 aromatic heterocycles. The van der Waals surface area contributed by atoms with Gasteiger partial charge in [0.25, 0.3) is 0 Å². The van der Waals surface area contributed by atoms with E-state index in [0.717, 1.165) is 6.26 Å². The highest BCUT2D eigenvalue weighted by Crippen LogP contribution is 2.28. The maximum atomic E-state index is 12.1. The summed E-state index contributed by atoms with van der Waals surface area (Å²) >= 11 is 11.8. The van der Waals surface area contributed by atoms with Crippen LogP contribution < -0.4 is 4.74 Å². The minimum absolute atomic E-state index is 0.146. The van der Waals surface area contributed by atoms with E-state index in [-0.39, 0.29) is 22.1 Å². The molecule has 0 unspecified atom stereocenters. The second-order valence-electron chi connectivity index (χ2n) is 4.73. The first-order valence-corrected chi connectivity index (χ1v) is 9.00. The summed E-state index contributed by atoms with van der Waals surface area (Å²) in [4.78, 5) is 12.1. The lowest BCUT2D eigenvalue weighted by Crippen LogP contribution is -2.10. The second kappa shape index (κ2) is 6.69. The van der Waals surface area contributed by atoms with Crippen molar-refractivity contribution in [3.05, 3.63) is 63.6 Å². The third-order valence-corrected chi connectivity index (χ3v) is 4.09. The molecule has 2 rings (SSSR count). The number of carbonyl (C=O) groups is 1. The van der Waals surface area contributed by atoms with Gasteiger partial charge in [0.2, 0.25) is 0 Å². The summed E-state index contributed by atoms with van der Waals surface area (Å²) in [5.74, 6) is -0.640. The molecule has 0 amide bonds. The van der Waals surface area contributed by atoms with Crippen LogP contribution in [-0.2, 0) is 15.6 Å². The highest BCUT2D eigenvalue weighted by Gasteiger charge is 2.13. The molecule has 0 fully saturated rings. The maximum Gasteiger partial charge on any atom is 0.343 e. The zero-order valence-corrected chi connectivity index (χ0v) is 13.9. The van der Waals surface area contributed by atoms with E-state index in [2.05, 4.69) is 0 Å². The summed E-state index contributed by atoms with van der Waals surface area (Å²) in [6.07, 6.45) is 1.13. The number of hydrogen-bond acceptors (Lipinski definition) is 4. The fourth-order valence-electron chi connectivity index (χ4n) is 1.81. The zero-order chi connectivity index (χ0) is 16.3. The van der Waals surface area contributed by atoms with E-state index in [9.17, 15) is 13.2 Å². The first-order chi connectivity index (χ1) is 10.2. The number of esters is 1. The van der Waals surface area contributed by atoms with E-state index >= 15 is 0 Å². The standard InChI is InChI=1S/C15H12Cl2O4S/c1-22(19,20)9-10-3-2-4-11(7-10)15(18)21-14-8-12(16)5-6-13(14)17/h2-8H,9H2,1H3. The SMILES string of the molecule is CS(=O)(=O)Cc1cccc(C(=O)Oc2cc(Cl)ccc2Cl)c1. The predicted octanol–water partition coefficient (Wildman–Crippen LogP) is 3.76. The molecule has 2 aromatic rings. The Labute approximate surface area is 138 Å². The molecule has 7 heteroatoms. The number of carbonyl (C=O) groups excluding carboxylic acids is 1.